The van der Waals surface area contributed by atoms with Crippen molar-refractivity contribution in [3.8, 4) is 0 Å². The van der Waals surface area contributed by atoms with Crippen molar-refractivity contribution < 1.29 is 18.0 Å². The van der Waals surface area contributed by atoms with Crippen molar-refractivity contribution in [2.24, 2.45) is 7.05 Å². The van der Waals surface area contributed by atoms with Crippen molar-refractivity contribution in [2.75, 3.05) is 5.43 Å². The fourth-order valence-corrected chi connectivity index (χ4v) is 4.10. The molecule has 12 heteroatoms. The number of halogens is 4. The van der Waals surface area contributed by atoms with E-state index in [1.165, 1.54) is 18.3 Å². The second kappa shape index (κ2) is 6.20. The van der Waals surface area contributed by atoms with Crippen LogP contribution in [0.25, 0.3) is 10.2 Å². The lowest BCUT2D eigenvalue weighted by molar-refractivity contribution is -0.144. The van der Waals surface area contributed by atoms with Gasteiger partial charge in [-0.15, -0.1) is 11.3 Å². The summed E-state index contributed by atoms with van der Waals surface area (Å²) in [5.41, 5.74) is 0.147. The molecule has 0 saturated heterocycles. The lowest BCUT2D eigenvalue weighted by Gasteiger charge is -2.10. The summed E-state index contributed by atoms with van der Waals surface area (Å²) in [4.78, 5) is 30.6. The van der Waals surface area contributed by atoms with Crippen molar-refractivity contribution in [3.05, 3.63) is 43.0 Å². The fourth-order valence-electron chi connectivity index (χ4n) is 2.44. The van der Waals surface area contributed by atoms with Gasteiger partial charge in [0.1, 0.15) is 10.7 Å². The van der Waals surface area contributed by atoms with Crippen molar-refractivity contribution in [3.63, 3.8) is 0 Å². The van der Waals surface area contributed by atoms with E-state index >= 15 is 0 Å². The topological polar surface area (TPSA) is 81.8 Å². The molecule has 1 N–H and O–H groups in total. The minimum Gasteiger partial charge on any atom is -0.267 e. The van der Waals surface area contributed by atoms with Gasteiger partial charge in [-0.3, -0.25) is 19.7 Å². The first kappa shape index (κ1) is 18.6. The maximum absolute atomic E-state index is 13.0. The van der Waals surface area contributed by atoms with Gasteiger partial charge in [-0.25, -0.2) is 9.66 Å². The molecule has 3 heterocycles. The highest BCUT2D eigenvalue weighted by molar-refractivity contribution is 9.10. The Hall–Kier alpha value is -2.21. The minimum atomic E-state index is -4.69. The average Bonchev–Trinajstić information content (AvgIpc) is 3.02. The number of amides is 1. The Morgan fingerprint density at radius 2 is 2.00 bits per heavy atom. The molecule has 7 nitrogen and oxygen atoms in total. The van der Waals surface area contributed by atoms with Crippen molar-refractivity contribution >= 4 is 43.4 Å². The lowest BCUT2D eigenvalue weighted by Crippen LogP contribution is -2.35. The highest BCUT2D eigenvalue weighted by Gasteiger charge is 2.39. The largest absolute Gasteiger partial charge is 0.434 e. The molecule has 0 unspecified atom stereocenters. The number of hydrogen-bond donors (Lipinski definition) is 1. The number of carbonyl (C=O) groups excluding carboxylic acids is 1. The number of nitrogens with zero attached hydrogens (tertiary/aromatic N) is 4. The Bertz CT molecular complexity index is 1100. The van der Waals surface area contributed by atoms with E-state index in [2.05, 4.69) is 31.4 Å². The van der Waals surface area contributed by atoms with Gasteiger partial charge >= 0.3 is 6.18 Å². The van der Waals surface area contributed by atoms with Crippen LogP contribution in [0.15, 0.2) is 15.3 Å². The van der Waals surface area contributed by atoms with E-state index in [4.69, 9.17) is 0 Å². The molecular formula is C14H11BrF3N5O2S. The first-order valence-electron chi connectivity index (χ1n) is 7.11. The first-order chi connectivity index (χ1) is 12.0. The summed E-state index contributed by atoms with van der Waals surface area (Å²) < 4.78 is 40.0. The molecule has 0 aromatic carbocycles. The van der Waals surface area contributed by atoms with Gasteiger partial charge in [0.15, 0.2) is 11.4 Å². The van der Waals surface area contributed by atoms with Crippen LogP contribution in [0.1, 0.15) is 26.9 Å². The molecule has 138 valence electrons. The monoisotopic (exact) mass is 449 g/mol. The van der Waals surface area contributed by atoms with Crippen molar-refractivity contribution in [2.45, 2.75) is 20.0 Å². The van der Waals surface area contributed by atoms with Crippen LogP contribution in [0.5, 0.6) is 0 Å². The number of alkyl halides is 3. The van der Waals surface area contributed by atoms with Crippen LogP contribution in [0, 0.1) is 13.8 Å². The Labute approximate surface area is 156 Å². The van der Waals surface area contributed by atoms with E-state index in [-0.39, 0.29) is 5.82 Å². The number of nitrogens with one attached hydrogen (secondary N) is 1. The fraction of sp³-hybridized carbons (Fsp3) is 0.286. The van der Waals surface area contributed by atoms with E-state index in [1.54, 1.807) is 6.07 Å². The van der Waals surface area contributed by atoms with E-state index < -0.39 is 33.5 Å². The number of rotatable bonds is 2. The molecule has 3 aromatic heterocycles. The number of aromatic nitrogens is 4. The van der Waals surface area contributed by atoms with E-state index in [0.29, 0.717) is 14.9 Å². The number of hydrogen-bond acceptors (Lipinski definition) is 5. The van der Waals surface area contributed by atoms with Crippen LogP contribution in [-0.2, 0) is 13.2 Å². The summed E-state index contributed by atoms with van der Waals surface area (Å²) in [5.74, 6) is -0.776. The van der Waals surface area contributed by atoms with Crippen LogP contribution in [0.4, 0.5) is 13.2 Å². The summed E-state index contributed by atoms with van der Waals surface area (Å²) in [6, 6.07) is 1.63. The Morgan fingerprint density at radius 3 is 2.58 bits per heavy atom. The van der Waals surface area contributed by atoms with Gasteiger partial charge in [0.25, 0.3) is 11.5 Å². The van der Waals surface area contributed by atoms with E-state index in [0.717, 1.165) is 16.6 Å². The van der Waals surface area contributed by atoms with Crippen LogP contribution < -0.4 is 11.0 Å². The third kappa shape index (κ3) is 3.03. The molecule has 3 rings (SSSR count). The second-order valence-corrected chi connectivity index (χ2v) is 7.48. The van der Waals surface area contributed by atoms with Crippen LogP contribution in [0.2, 0.25) is 0 Å². The van der Waals surface area contributed by atoms with E-state index in [9.17, 15) is 22.8 Å². The summed E-state index contributed by atoms with van der Waals surface area (Å²) in [5, 5.41) is 3.92. The summed E-state index contributed by atoms with van der Waals surface area (Å²) >= 11 is 4.10. The molecule has 0 fully saturated rings. The first-order valence-corrected chi connectivity index (χ1v) is 8.72. The number of aryl methyl sites for hydroxylation is 3. The summed E-state index contributed by atoms with van der Waals surface area (Å²) in [6.45, 7) is 3.32. The quantitative estimate of drug-likeness (QED) is 0.651. The van der Waals surface area contributed by atoms with Crippen LogP contribution in [0.3, 0.4) is 0 Å². The predicted molar refractivity (Wildman–Crippen MR) is 93.0 cm³/mol. The molecule has 0 aliphatic heterocycles. The molecular weight excluding hydrogens is 439 g/mol. The molecule has 0 bridgehead atoms. The van der Waals surface area contributed by atoms with Gasteiger partial charge in [-0.05, 0) is 35.8 Å². The Morgan fingerprint density at radius 1 is 1.35 bits per heavy atom. The standard InChI is InChI=1S/C14H11BrF3N5O2S/c1-5-4-7-12(26-5)19-6(2)23(13(7)25)21-11(24)9-8(15)10(14(16,17)18)22(3)20-9/h4H,1-3H3,(H,21,24). The summed E-state index contributed by atoms with van der Waals surface area (Å²) in [6.07, 6.45) is -4.69. The molecule has 3 aromatic rings. The normalized spacial score (nSPS) is 12.0. The van der Waals surface area contributed by atoms with Gasteiger partial charge < -0.3 is 0 Å². The second-order valence-electron chi connectivity index (χ2n) is 5.45. The highest BCUT2D eigenvalue weighted by Crippen LogP contribution is 2.36. The smallest absolute Gasteiger partial charge is 0.267 e. The lowest BCUT2D eigenvalue weighted by atomic mass is 10.3. The SMILES string of the molecule is Cc1cc2c(=O)n(NC(=O)c3nn(C)c(C(F)(F)F)c3Br)c(C)nc2s1. The molecule has 1 amide bonds. The van der Waals surface area contributed by atoms with Crippen molar-refractivity contribution in [1.29, 1.82) is 0 Å². The van der Waals surface area contributed by atoms with Gasteiger partial charge in [0, 0.05) is 11.9 Å². The molecule has 0 aliphatic rings. The van der Waals surface area contributed by atoms with Crippen molar-refractivity contribution in [1.82, 2.24) is 19.4 Å². The molecule has 0 spiro atoms. The van der Waals surface area contributed by atoms with Gasteiger partial charge in [0.2, 0.25) is 0 Å². The average molecular weight is 450 g/mol. The third-order valence-corrected chi connectivity index (χ3v) is 5.24. The number of carbonyl (C=O) groups is 1. The highest BCUT2D eigenvalue weighted by atomic mass is 79.9. The molecule has 0 atom stereocenters. The molecule has 0 radical (unpaired) electrons. The maximum Gasteiger partial charge on any atom is 0.434 e. The molecule has 0 aliphatic carbocycles. The number of thiophene rings is 1. The Kier molecular flexibility index (Phi) is 4.43. The van der Waals surface area contributed by atoms with E-state index in [1.807, 2.05) is 6.92 Å². The zero-order valence-corrected chi connectivity index (χ0v) is 16.0. The van der Waals surface area contributed by atoms with Gasteiger partial charge in [0.05, 0.1) is 9.86 Å². The third-order valence-electron chi connectivity index (χ3n) is 3.54. The zero-order valence-electron chi connectivity index (χ0n) is 13.6. The number of fused-ring (bicyclic) bond motifs is 1. The zero-order chi connectivity index (χ0) is 19.4. The minimum absolute atomic E-state index is 0.195. The van der Waals surface area contributed by atoms with Gasteiger partial charge in [-0.2, -0.15) is 18.3 Å². The molecule has 0 saturated carbocycles. The molecule has 26 heavy (non-hydrogen) atoms. The Balaban J connectivity index is 2.04. The maximum atomic E-state index is 13.0. The summed E-state index contributed by atoms with van der Waals surface area (Å²) in [7, 11) is 1.07. The van der Waals surface area contributed by atoms with Gasteiger partial charge in [-0.1, -0.05) is 0 Å². The van der Waals surface area contributed by atoms with Crippen LogP contribution >= 0.6 is 27.3 Å². The van der Waals surface area contributed by atoms with Crippen LogP contribution in [-0.4, -0.2) is 25.3 Å². The predicted octanol–water partition coefficient (Wildman–Crippen LogP) is 2.97.